The molecule has 1 atom stereocenters. The Morgan fingerprint density at radius 2 is 1.69 bits per heavy atom. The smallest absolute Gasteiger partial charge is 0.300 e. The Bertz CT molecular complexity index is 1340. The van der Waals surface area contributed by atoms with E-state index in [4.69, 9.17) is 9.47 Å². The zero-order valence-electron chi connectivity index (χ0n) is 21.3. The van der Waals surface area contributed by atoms with Gasteiger partial charge in [0.15, 0.2) is 0 Å². The Balaban J connectivity index is 1.91. The Hall–Kier alpha value is -4.06. The number of carbonyl (C=O) groups excluding carboxylic acids is 2. The molecule has 0 aromatic heterocycles. The number of nitrogens with zero attached hydrogens (tertiary/aromatic N) is 1. The van der Waals surface area contributed by atoms with Gasteiger partial charge in [-0.1, -0.05) is 25.1 Å². The fraction of sp³-hybridized carbons (Fsp3) is 0.267. The normalized spacial score (nSPS) is 16.9. The number of ketones is 1. The van der Waals surface area contributed by atoms with Crippen molar-refractivity contribution in [2.24, 2.45) is 0 Å². The van der Waals surface area contributed by atoms with Crippen LogP contribution in [-0.4, -0.2) is 30.5 Å². The average Bonchev–Trinajstić information content (AvgIpc) is 3.12. The second-order valence-corrected chi connectivity index (χ2v) is 9.12. The summed E-state index contributed by atoms with van der Waals surface area (Å²) >= 11 is 0. The summed E-state index contributed by atoms with van der Waals surface area (Å²) in [6.07, 6.45) is 0.879. The van der Waals surface area contributed by atoms with Gasteiger partial charge in [0.05, 0.1) is 25.3 Å². The molecule has 3 aromatic carbocycles. The van der Waals surface area contributed by atoms with Gasteiger partial charge in [0, 0.05) is 11.3 Å². The Morgan fingerprint density at radius 3 is 2.33 bits per heavy atom. The maximum Gasteiger partial charge on any atom is 0.300 e. The van der Waals surface area contributed by atoms with Crippen molar-refractivity contribution < 1.29 is 24.2 Å². The van der Waals surface area contributed by atoms with Gasteiger partial charge >= 0.3 is 0 Å². The summed E-state index contributed by atoms with van der Waals surface area (Å²) < 4.78 is 11.2. The van der Waals surface area contributed by atoms with E-state index in [0.717, 1.165) is 23.1 Å². The van der Waals surface area contributed by atoms with Crippen molar-refractivity contribution in [1.82, 2.24) is 0 Å². The highest BCUT2D eigenvalue weighted by Gasteiger charge is 2.47. The maximum absolute atomic E-state index is 13.4. The van der Waals surface area contributed by atoms with Gasteiger partial charge in [-0.15, -0.1) is 0 Å². The lowest BCUT2D eigenvalue weighted by atomic mass is 9.94. The lowest BCUT2D eigenvalue weighted by Gasteiger charge is -2.26. The number of Topliss-reactive ketones (excluding diaryl/α,β-unsaturated/α-hetero) is 1. The van der Waals surface area contributed by atoms with Crippen LogP contribution in [0.2, 0.25) is 0 Å². The van der Waals surface area contributed by atoms with Crippen molar-refractivity contribution in [1.29, 1.82) is 0 Å². The number of hydrogen-bond acceptors (Lipinski definition) is 5. The SMILES string of the molecule is CCCOc1ccc(/C(O)=C2/C(=O)C(=O)N(c3cc(C)cc(C)c3)C2c2cccc(OC)c2)cc1C. The zero-order valence-corrected chi connectivity index (χ0v) is 21.3. The molecule has 1 amide bonds. The highest BCUT2D eigenvalue weighted by Crippen LogP contribution is 2.43. The predicted molar refractivity (Wildman–Crippen MR) is 141 cm³/mol. The topological polar surface area (TPSA) is 76.1 Å². The number of amides is 1. The summed E-state index contributed by atoms with van der Waals surface area (Å²) in [7, 11) is 1.56. The van der Waals surface area contributed by atoms with Crippen LogP contribution in [0.4, 0.5) is 5.69 Å². The number of aliphatic hydroxyl groups excluding tert-OH is 1. The summed E-state index contributed by atoms with van der Waals surface area (Å²) in [5.74, 6) is -0.337. The maximum atomic E-state index is 13.4. The number of rotatable bonds is 7. The van der Waals surface area contributed by atoms with Crippen LogP contribution in [0.15, 0.2) is 66.2 Å². The lowest BCUT2D eigenvalue weighted by Crippen LogP contribution is -2.29. The van der Waals surface area contributed by atoms with E-state index in [-0.39, 0.29) is 11.3 Å². The minimum Gasteiger partial charge on any atom is -0.507 e. The Kier molecular flexibility index (Phi) is 7.15. The third-order valence-corrected chi connectivity index (χ3v) is 6.25. The summed E-state index contributed by atoms with van der Waals surface area (Å²) in [5.41, 5.74) is 4.50. The summed E-state index contributed by atoms with van der Waals surface area (Å²) in [5, 5.41) is 11.4. The van der Waals surface area contributed by atoms with E-state index in [9.17, 15) is 14.7 Å². The number of carbonyl (C=O) groups is 2. The number of methoxy groups -OCH3 is 1. The Morgan fingerprint density at radius 1 is 0.972 bits per heavy atom. The number of anilines is 1. The van der Waals surface area contributed by atoms with Gasteiger partial charge in [-0.25, -0.2) is 0 Å². The summed E-state index contributed by atoms with van der Waals surface area (Å²) in [6, 6.07) is 17.4. The minimum atomic E-state index is -0.822. The molecule has 0 spiro atoms. The molecule has 0 aliphatic carbocycles. The highest BCUT2D eigenvalue weighted by atomic mass is 16.5. The van der Waals surface area contributed by atoms with Crippen molar-refractivity contribution >= 4 is 23.1 Å². The minimum absolute atomic E-state index is 0.0361. The number of hydrogen-bond donors (Lipinski definition) is 1. The van der Waals surface area contributed by atoms with Gasteiger partial charge in [-0.2, -0.15) is 0 Å². The molecule has 4 rings (SSSR count). The molecule has 0 bridgehead atoms. The first-order valence-corrected chi connectivity index (χ1v) is 12.0. The van der Waals surface area contributed by atoms with Crippen molar-refractivity contribution in [2.75, 3.05) is 18.6 Å². The first-order valence-electron chi connectivity index (χ1n) is 12.0. The molecular weight excluding hydrogens is 454 g/mol. The molecule has 1 fully saturated rings. The predicted octanol–water partition coefficient (Wildman–Crippen LogP) is 6.04. The van der Waals surface area contributed by atoms with Crippen LogP contribution in [-0.2, 0) is 9.59 Å². The monoisotopic (exact) mass is 485 g/mol. The fourth-order valence-corrected chi connectivity index (χ4v) is 4.64. The number of benzene rings is 3. The second-order valence-electron chi connectivity index (χ2n) is 9.12. The zero-order chi connectivity index (χ0) is 26.0. The molecule has 0 radical (unpaired) electrons. The molecular formula is C30H31NO5. The molecule has 1 aliphatic rings. The van der Waals surface area contributed by atoms with Gasteiger partial charge in [0.2, 0.25) is 0 Å². The summed E-state index contributed by atoms with van der Waals surface area (Å²) in [4.78, 5) is 28.3. The van der Waals surface area contributed by atoms with E-state index in [2.05, 4.69) is 0 Å². The fourth-order valence-electron chi connectivity index (χ4n) is 4.64. The highest BCUT2D eigenvalue weighted by molar-refractivity contribution is 6.51. The van der Waals surface area contributed by atoms with E-state index < -0.39 is 17.7 Å². The second kappa shape index (κ2) is 10.3. The summed E-state index contributed by atoms with van der Waals surface area (Å²) in [6.45, 7) is 8.39. The van der Waals surface area contributed by atoms with Gasteiger partial charge in [-0.3, -0.25) is 14.5 Å². The van der Waals surface area contributed by atoms with E-state index in [1.807, 2.05) is 52.0 Å². The van der Waals surface area contributed by atoms with E-state index >= 15 is 0 Å². The van der Waals surface area contributed by atoms with Crippen LogP contribution in [0.1, 0.15) is 47.2 Å². The number of aryl methyl sites for hydroxylation is 3. The molecule has 6 nitrogen and oxygen atoms in total. The van der Waals surface area contributed by atoms with Crippen LogP contribution < -0.4 is 14.4 Å². The number of aliphatic hydroxyl groups is 1. The largest absolute Gasteiger partial charge is 0.507 e. The van der Waals surface area contributed by atoms with Crippen LogP contribution in [0.5, 0.6) is 11.5 Å². The van der Waals surface area contributed by atoms with Crippen molar-refractivity contribution in [3.8, 4) is 11.5 Å². The molecule has 3 aromatic rings. The molecule has 0 saturated carbocycles. The third kappa shape index (κ3) is 4.71. The first-order chi connectivity index (χ1) is 17.2. The van der Waals surface area contributed by atoms with Gasteiger partial charge in [0.25, 0.3) is 11.7 Å². The average molecular weight is 486 g/mol. The lowest BCUT2D eigenvalue weighted by molar-refractivity contribution is -0.132. The van der Waals surface area contributed by atoms with Crippen molar-refractivity contribution in [2.45, 2.75) is 40.2 Å². The van der Waals surface area contributed by atoms with E-state index in [1.165, 1.54) is 4.90 Å². The third-order valence-electron chi connectivity index (χ3n) is 6.25. The number of ether oxygens (including phenoxy) is 2. The van der Waals surface area contributed by atoms with Gasteiger partial charge in [0.1, 0.15) is 17.3 Å². The van der Waals surface area contributed by atoms with E-state index in [0.29, 0.717) is 34.9 Å². The van der Waals surface area contributed by atoms with Crippen LogP contribution in [0.25, 0.3) is 5.76 Å². The molecule has 1 heterocycles. The van der Waals surface area contributed by atoms with E-state index in [1.54, 1.807) is 43.5 Å². The van der Waals surface area contributed by atoms with Crippen molar-refractivity contribution in [3.63, 3.8) is 0 Å². The van der Waals surface area contributed by atoms with Gasteiger partial charge < -0.3 is 14.6 Å². The van der Waals surface area contributed by atoms with Gasteiger partial charge in [-0.05, 0) is 91.9 Å². The molecule has 1 aliphatic heterocycles. The standard InChI is InChI=1S/C30H31NO5/c1-6-12-36-25-11-10-22(16-20(25)4)28(32)26-27(21-8-7-9-24(17-21)35-5)31(30(34)29(26)33)23-14-18(2)13-19(3)15-23/h7-11,13-17,27,32H,6,12H2,1-5H3/b28-26-. The molecule has 1 N–H and O–H groups in total. The molecule has 6 heteroatoms. The quantitative estimate of drug-likeness (QED) is 0.251. The Labute approximate surface area is 211 Å². The first kappa shape index (κ1) is 25.0. The molecule has 1 unspecified atom stereocenters. The van der Waals surface area contributed by atoms with Crippen LogP contribution in [0.3, 0.4) is 0 Å². The molecule has 1 saturated heterocycles. The van der Waals surface area contributed by atoms with Crippen LogP contribution in [0, 0.1) is 20.8 Å². The molecule has 36 heavy (non-hydrogen) atoms. The van der Waals surface area contributed by atoms with Crippen molar-refractivity contribution in [3.05, 3.63) is 94.1 Å². The molecule has 186 valence electrons. The van der Waals surface area contributed by atoms with Crippen LogP contribution >= 0.6 is 0 Å².